The molecule has 0 radical (unpaired) electrons. The molecule has 19 heavy (non-hydrogen) atoms. The van der Waals surface area contributed by atoms with Crippen LogP contribution in [-0.4, -0.2) is 24.0 Å². The van der Waals surface area contributed by atoms with E-state index in [0.29, 0.717) is 6.04 Å². The van der Waals surface area contributed by atoms with Gasteiger partial charge < -0.3 is 5.73 Å². The zero-order valence-electron chi connectivity index (χ0n) is 12.6. The Bertz CT molecular complexity index is 379. The van der Waals surface area contributed by atoms with E-state index in [4.69, 9.17) is 5.73 Å². The molecule has 106 valence electrons. The van der Waals surface area contributed by atoms with E-state index in [0.717, 1.165) is 18.9 Å². The Morgan fingerprint density at radius 2 is 1.84 bits per heavy atom. The third-order valence-corrected chi connectivity index (χ3v) is 4.17. The number of hydrogen-bond donors (Lipinski definition) is 1. The molecule has 0 heterocycles. The van der Waals surface area contributed by atoms with Crippen molar-refractivity contribution < 1.29 is 0 Å². The van der Waals surface area contributed by atoms with Crippen LogP contribution in [0.1, 0.15) is 50.8 Å². The molecule has 0 bridgehead atoms. The second-order valence-corrected chi connectivity index (χ2v) is 6.19. The van der Waals surface area contributed by atoms with E-state index in [9.17, 15) is 0 Å². The minimum atomic E-state index is 0.132. The van der Waals surface area contributed by atoms with Crippen LogP contribution in [0.15, 0.2) is 24.3 Å². The quantitative estimate of drug-likeness (QED) is 0.814. The van der Waals surface area contributed by atoms with Crippen molar-refractivity contribution in [2.45, 2.75) is 52.1 Å². The molecule has 0 amide bonds. The normalized spacial score (nSPS) is 17.2. The molecular weight excluding hydrogens is 232 g/mol. The highest BCUT2D eigenvalue weighted by atomic mass is 15.2. The molecule has 2 N–H and O–H groups in total. The fraction of sp³-hybridized carbons (Fsp3) is 0.647. The Morgan fingerprint density at radius 3 is 2.32 bits per heavy atom. The van der Waals surface area contributed by atoms with Gasteiger partial charge in [-0.25, -0.2) is 0 Å². The van der Waals surface area contributed by atoms with Crippen molar-refractivity contribution >= 4 is 0 Å². The minimum Gasteiger partial charge on any atom is -0.323 e. The van der Waals surface area contributed by atoms with Gasteiger partial charge >= 0.3 is 0 Å². The first-order valence-electron chi connectivity index (χ1n) is 7.68. The molecule has 0 aromatic heterocycles. The first-order valence-corrected chi connectivity index (χ1v) is 7.68. The van der Waals surface area contributed by atoms with Gasteiger partial charge in [-0.05, 0) is 50.2 Å². The molecule has 2 nitrogen and oxygen atoms in total. The predicted molar refractivity (Wildman–Crippen MR) is 82.2 cm³/mol. The Morgan fingerprint density at radius 1 is 1.21 bits per heavy atom. The van der Waals surface area contributed by atoms with Gasteiger partial charge in [0.15, 0.2) is 0 Å². The van der Waals surface area contributed by atoms with Gasteiger partial charge in [-0.15, -0.1) is 0 Å². The van der Waals surface area contributed by atoms with Crippen LogP contribution in [0.25, 0.3) is 0 Å². The number of aryl methyl sites for hydroxylation is 1. The molecule has 2 rings (SSSR count). The summed E-state index contributed by atoms with van der Waals surface area (Å²) in [5.41, 5.74) is 9.03. The number of rotatable bonds is 7. The Balaban J connectivity index is 1.94. The number of nitrogens with zero attached hydrogens (tertiary/aromatic N) is 1. The third-order valence-electron chi connectivity index (χ3n) is 4.17. The number of nitrogens with two attached hydrogens (primary N) is 1. The summed E-state index contributed by atoms with van der Waals surface area (Å²) < 4.78 is 0. The summed E-state index contributed by atoms with van der Waals surface area (Å²) in [6.45, 7) is 8.92. The maximum atomic E-state index is 6.38. The lowest BCUT2D eigenvalue weighted by molar-refractivity contribution is 0.200. The zero-order valence-corrected chi connectivity index (χ0v) is 12.6. The standard InChI is InChI=1S/C17H28N2/c1-4-14-7-9-16(10-8-14)17(18)12-19(13(2)3)11-15-5-6-15/h7-10,13,15,17H,4-6,11-12,18H2,1-3H3. The van der Waals surface area contributed by atoms with Crippen molar-refractivity contribution in [3.8, 4) is 0 Å². The molecule has 1 aromatic carbocycles. The van der Waals surface area contributed by atoms with Crippen LogP contribution < -0.4 is 5.73 Å². The maximum absolute atomic E-state index is 6.38. The summed E-state index contributed by atoms with van der Waals surface area (Å²) in [6.07, 6.45) is 3.91. The molecule has 1 atom stereocenters. The van der Waals surface area contributed by atoms with Crippen molar-refractivity contribution in [1.82, 2.24) is 4.90 Å². The lowest BCUT2D eigenvalue weighted by Crippen LogP contribution is -2.38. The fourth-order valence-electron chi connectivity index (χ4n) is 2.49. The van der Waals surface area contributed by atoms with Gasteiger partial charge in [0.1, 0.15) is 0 Å². The molecule has 1 aliphatic rings. The van der Waals surface area contributed by atoms with Crippen LogP contribution in [0.4, 0.5) is 0 Å². The third kappa shape index (κ3) is 4.32. The van der Waals surface area contributed by atoms with Gasteiger partial charge in [0, 0.05) is 25.2 Å². The van der Waals surface area contributed by atoms with Crippen LogP contribution in [0.5, 0.6) is 0 Å². The van der Waals surface area contributed by atoms with Gasteiger partial charge in [-0.2, -0.15) is 0 Å². The smallest absolute Gasteiger partial charge is 0.0424 e. The first kappa shape index (κ1) is 14.5. The first-order chi connectivity index (χ1) is 9.10. The maximum Gasteiger partial charge on any atom is 0.0424 e. The fourth-order valence-corrected chi connectivity index (χ4v) is 2.49. The Kier molecular flexibility index (Phi) is 5.00. The molecule has 1 aromatic rings. The van der Waals surface area contributed by atoms with Gasteiger partial charge in [0.2, 0.25) is 0 Å². The van der Waals surface area contributed by atoms with Gasteiger partial charge in [0.25, 0.3) is 0 Å². The van der Waals surface area contributed by atoms with Crippen molar-refractivity contribution in [2.75, 3.05) is 13.1 Å². The lowest BCUT2D eigenvalue weighted by Gasteiger charge is -2.29. The molecular formula is C17H28N2. The van der Waals surface area contributed by atoms with Gasteiger partial charge in [-0.3, -0.25) is 4.90 Å². The number of hydrogen-bond acceptors (Lipinski definition) is 2. The SMILES string of the molecule is CCc1ccc(C(N)CN(CC2CC2)C(C)C)cc1. The highest BCUT2D eigenvalue weighted by Gasteiger charge is 2.26. The molecule has 1 aliphatic carbocycles. The molecule has 1 fully saturated rings. The predicted octanol–water partition coefficient (Wildman–Crippen LogP) is 3.37. The van der Waals surface area contributed by atoms with Gasteiger partial charge in [-0.1, -0.05) is 31.2 Å². The monoisotopic (exact) mass is 260 g/mol. The summed E-state index contributed by atoms with van der Waals surface area (Å²) in [5, 5.41) is 0. The van der Waals surface area contributed by atoms with E-state index in [2.05, 4.69) is 49.9 Å². The van der Waals surface area contributed by atoms with Crippen LogP contribution in [0, 0.1) is 5.92 Å². The molecule has 1 saturated carbocycles. The van der Waals surface area contributed by atoms with E-state index >= 15 is 0 Å². The summed E-state index contributed by atoms with van der Waals surface area (Å²) in [6, 6.07) is 9.51. The molecule has 0 saturated heterocycles. The Hall–Kier alpha value is -0.860. The van der Waals surface area contributed by atoms with Gasteiger partial charge in [0.05, 0.1) is 0 Å². The van der Waals surface area contributed by atoms with E-state index in [1.807, 2.05) is 0 Å². The lowest BCUT2D eigenvalue weighted by atomic mass is 10.0. The van der Waals surface area contributed by atoms with E-state index < -0.39 is 0 Å². The van der Waals surface area contributed by atoms with Crippen molar-refractivity contribution in [3.63, 3.8) is 0 Å². The average Bonchev–Trinajstić information content (AvgIpc) is 3.22. The van der Waals surface area contributed by atoms with E-state index in [1.165, 1.54) is 30.5 Å². The summed E-state index contributed by atoms with van der Waals surface area (Å²) in [7, 11) is 0. The van der Waals surface area contributed by atoms with Crippen molar-refractivity contribution in [1.29, 1.82) is 0 Å². The van der Waals surface area contributed by atoms with Crippen molar-refractivity contribution in [2.24, 2.45) is 11.7 Å². The zero-order chi connectivity index (χ0) is 13.8. The van der Waals surface area contributed by atoms with Crippen LogP contribution in [-0.2, 0) is 6.42 Å². The average molecular weight is 260 g/mol. The highest BCUT2D eigenvalue weighted by molar-refractivity contribution is 5.25. The van der Waals surface area contributed by atoms with E-state index in [-0.39, 0.29) is 6.04 Å². The van der Waals surface area contributed by atoms with Crippen LogP contribution in [0.3, 0.4) is 0 Å². The topological polar surface area (TPSA) is 29.3 Å². The number of benzene rings is 1. The second kappa shape index (κ2) is 6.53. The second-order valence-electron chi connectivity index (χ2n) is 6.19. The largest absolute Gasteiger partial charge is 0.323 e. The van der Waals surface area contributed by atoms with E-state index in [1.54, 1.807) is 0 Å². The summed E-state index contributed by atoms with van der Waals surface area (Å²) in [5.74, 6) is 0.928. The van der Waals surface area contributed by atoms with Crippen LogP contribution >= 0.6 is 0 Å². The molecule has 2 heteroatoms. The molecule has 1 unspecified atom stereocenters. The summed E-state index contributed by atoms with van der Waals surface area (Å²) >= 11 is 0. The molecule has 0 spiro atoms. The summed E-state index contributed by atoms with van der Waals surface area (Å²) in [4.78, 5) is 2.54. The molecule has 0 aliphatic heterocycles. The van der Waals surface area contributed by atoms with Crippen molar-refractivity contribution in [3.05, 3.63) is 35.4 Å². The minimum absolute atomic E-state index is 0.132. The highest BCUT2D eigenvalue weighted by Crippen LogP contribution is 2.30. The Labute approximate surface area is 118 Å². The van der Waals surface area contributed by atoms with Crippen LogP contribution in [0.2, 0.25) is 0 Å².